The predicted molar refractivity (Wildman–Crippen MR) is 91.4 cm³/mol. The Kier molecular flexibility index (Phi) is 5.28. The molecule has 2 N–H and O–H groups in total. The lowest BCUT2D eigenvalue weighted by atomic mass is 10.0. The topological polar surface area (TPSA) is 98.9 Å². The highest BCUT2D eigenvalue weighted by atomic mass is 32.2. The van der Waals surface area contributed by atoms with Gasteiger partial charge in [-0.25, -0.2) is 9.18 Å². The number of nitrogens with two attached hydrogens (primary N) is 1. The van der Waals surface area contributed by atoms with E-state index >= 15 is 0 Å². The van der Waals surface area contributed by atoms with E-state index in [0.717, 1.165) is 12.1 Å². The van der Waals surface area contributed by atoms with Crippen LogP contribution in [-0.2, 0) is 19.1 Å². The van der Waals surface area contributed by atoms with Gasteiger partial charge in [-0.15, -0.1) is 11.8 Å². The molecule has 138 valence electrons. The Bertz CT molecular complexity index is 780. The summed E-state index contributed by atoms with van der Waals surface area (Å²) in [5, 5.41) is -0.219. The second-order valence-corrected chi connectivity index (χ2v) is 6.95. The van der Waals surface area contributed by atoms with E-state index in [0.29, 0.717) is 17.0 Å². The molecule has 0 radical (unpaired) electrons. The summed E-state index contributed by atoms with van der Waals surface area (Å²) in [5.41, 5.74) is 7.17. The molecular formula is C17H17FN2O5S. The van der Waals surface area contributed by atoms with E-state index in [-0.39, 0.29) is 30.1 Å². The summed E-state index contributed by atoms with van der Waals surface area (Å²) >= 11 is 1.47. The number of ether oxygens (including phenoxy) is 2. The Morgan fingerprint density at radius 2 is 1.96 bits per heavy atom. The summed E-state index contributed by atoms with van der Waals surface area (Å²) in [4.78, 5) is 36.8. The standard InChI is InChI=1S/C17H17FN2O5S/c1-9(21)24-6-11-8-26-16-14(19)15(22)20(16)13(11)7-25-17(23)10-2-4-12(18)5-3-10/h2-5,14,16H,6-8,19H2,1H3/t14-,16-/m1/s1. The number of rotatable bonds is 5. The number of carbonyl (C=O) groups is 3. The van der Waals surface area contributed by atoms with Gasteiger partial charge >= 0.3 is 11.9 Å². The summed E-state index contributed by atoms with van der Waals surface area (Å²) in [6, 6.07) is 4.35. The molecule has 1 aromatic rings. The molecule has 2 aliphatic rings. The van der Waals surface area contributed by atoms with E-state index in [1.165, 1.54) is 35.7 Å². The number of β-lactam (4-membered cyclic amide) rings is 1. The Labute approximate surface area is 153 Å². The van der Waals surface area contributed by atoms with E-state index in [9.17, 15) is 18.8 Å². The number of thioether (sulfide) groups is 1. The van der Waals surface area contributed by atoms with Gasteiger partial charge in [0, 0.05) is 18.2 Å². The van der Waals surface area contributed by atoms with Crippen LogP contribution >= 0.6 is 11.8 Å². The molecule has 1 fully saturated rings. The number of nitrogens with zero attached hydrogens (tertiary/aromatic N) is 1. The maximum Gasteiger partial charge on any atom is 0.338 e. The van der Waals surface area contributed by atoms with Crippen molar-refractivity contribution in [1.82, 2.24) is 4.90 Å². The predicted octanol–water partition coefficient (Wildman–Crippen LogP) is 1.04. The van der Waals surface area contributed by atoms with Crippen LogP contribution in [0.2, 0.25) is 0 Å². The van der Waals surface area contributed by atoms with Gasteiger partial charge in [-0.3, -0.25) is 14.5 Å². The first-order valence-electron chi connectivity index (χ1n) is 7.85. The number of hydrogen-bond donors (Lipinski definition) is 1. The molecule has 0 spiro atoms. The van der Waals surface area contributed by atoms with Gasteiger partial charge in [0.15, 0.2) is 0 Å². The molecule has 2 atom stereocenters. The average molecular weight is 380 g/mol. The highest BCUT2D eigenvalue weighted by Crippen LogP contribution is 2.39. The second-order valence-electron chi connectivity index (χ2n) is 5.85. The average Bonchev–Trinajstić information content (AvgIpc) is 2.63. The monoisotopic (exact) mass is 380 g/mol. The van der Waals surface area contributed by atoms with Gasteiger partial charge in [0.25, 0.3) is 0 Å². The molecule has 1 aromatic carbocycles. The van der Waals surface area contributed by atoms with Crippen LogP contribution < -0.4 is 5.73 Å². The lowest BCUT2D eigenvalue weighted by Crippen LogP contribution is -2.68. The highest BCUT2D eigenvalue weighted by Gasteiger charge is 2.50. The van der Waals surface area contributed by atoms with Crippen LogP contribution in [0.5, 0.6) is 0 Å². The Morgan fingerprint density at radius 1 is 1.27 bits per heavy atom. The molecule has 0 unspecified atom stereocenters. The third-order valence-corrected chi connectivity index (χ3v) is 5.44. The van der Waals surface area contributed by atoms with Gasteiger partial charge in [0.1, 0.15) is 30.4 Å². The minimum atomic E-state index is -0.642. The van der Waals surface area contributed by atoms with E-state index in [4.69, 9.17) is 15.2 Å². The fourth-order valence-electron chi connectivity index (χ4n) is 2.68. The van der Waals surface area contributed by atoms with Crippen molar-refractivity contribution in [3.05, 3.63) is 46.9 Å². The minimum absolute atomic E-state index is 0.0114. The van der Waals surface area contributed by atoms with Crippen molar-refractivity contribution >= 4 is 29.6 Å². The molecule has 7 nitrogen and oxygen atoms in total. The van der Waals surface area contributed by atoms with Gasteiger partial charge in [0.2, 0.25) is 5.91 Å². The first-order chi connectivity index (χ1) is 12.4. The van der Waals surface area contributed by atoms with Crippen LogP contribution in [0.25, 0.3) is 0 Å². The van der Waals surface area contributed by atoms with E-state index < -0.39 is 23.8 Å². The number of fused-ring (bicyclic) bond motifs is 1. The van der Waals surface area contributed by atoms with Crippen LogP contribution in [-0.4, -0.2) is 53.1 Å². The van der Waals surface area contributed by atoms with Crippen molar-refractivity contribution in [3.8, 4) is 0 Å². The molecule has 2 aliphatic heterocycles. The number of amides is 1. The smallest absolute Gasteiger partial charge is 0.338 e. The van der Waals surface area contributed by atoms with E-state index in [1.807, 2.05) is 0 Å². The summed E-state index contributed by atoms with van der Waals surface area (Å²) in [7, 11) is 0. The maximum absolute atomic E-state index is 13.0. The van der Waals surface area contributed by atoms with Crippen molar-refractivity contribution < 1.29 is 28.2 Å². The molecule has 1 amide bonds. The van der Waals surface area contributed by atoms with Crippen molar-refractivity contribution in [2.24, 2.45) is 5.73 Å². The van der Waals surface area contributed by atoms with E-state index in [1.54, 1.807) is 0 Å². The Morgan fingerprint density at radius 3 is 2.62 bits per heavy atom. The van der Waals surface area contributed by atoms with Gasteiger partial charge in [0.05, 0.1) is 11.3 Å². The maximum atomic E-state index is 13.0. The normalized spacial score (nSPS) is 21.8. The molecule has 9 heteroatoms. The zero-order valence-electron chi connectivity index (χ0n) is 13.9. The zero-order valence-corrected chi connectivity index (χ0v) is 14.8. The van der Waals surface area contributed by atoms with Crippen molar-refractivity contribution in [2.45, 2.75) is 18.3 Å². The van der Waals surface area contributed by atoms with Crippen LogP contribution in [0.1, 0.15) is 17.3 Å². The van der Waals surface area contributed by atoms with Gasteiger partial charge in [-0.2, -0.15) is 0 Å². The molecular weight excluding hydrogens is 363 g/mol. The molecule has 26 heavy (non-hydrogen) atoms. The molecule has 0 aromatic heterocycles. The first-order valence-corrected chi connectivity index (χ1v) is 8.90. The van der Waals surface area contributed by atoms with Gasteiger partial charge < -0.3 is 15.2 Å². The van der Waals surface area contributed by atoms with Crippen LogP contribution in [0, 0.1) is 5.82 Å². The Balaban J connectivity index is 1.75. The van der Waals surface area contributed by atoms with Crippen LogP contribution in [0.15, 0.2) is 35.5 Å². The summed E-state index contributed by atoms with van der Waals surface area (Å²) in [6.07, 6.45) is 0. The molecule has 2 heterocycles. The van der Waals surface area contributed by atoms with Crippen LogP contribution in [0.3, 0.4) is 0 Å². The highest BCUT2D eigenvalue weighted by molar-refractivity contribution is 8.00. The quantitative estimate of drug-likeness (QED) is 0.602. The van der Waals surface area contributed by atoms with Crippen molar-refractivity contribution in [3.63, 3.8) is 0 Å². The minimum Gasteiger partial charge on any atom is -0.461 e. The number of esters is 2. The molecule has 0 aliphatic carbocycles. The lowest BCUT2D eigenvalue weighted by Gasteiger charge is -2.49. The molecule has 1 saturated heterocycles. The zero-order chi connectivity index (χ0) is 18.8. The number of benzene rings is 1. The number of hydrogen-bond acceptors (Lipinski definition) is 7. The first kappa shape index (κ1) is 18.4. The SMILES string of the molecule is CC(=O)OCC1=C(COC(=O)c2ccc(F)cc2)N2C(=O)[C@@H](N)[C@H]2SC1. The lowest BCUT2D eigenvalue weighted by molar-refractivity contribution is -0.142. The number of halogens is 1. The fraction of sp³-hybridized carbons (Fsp3) is 0.353. The van der Waals surface area contributed by atoms with Gasteiger partial charge in [-0.1, -0.05) is 0 Å². The Hall–Kier alpha value is -2.39. The largest absolute Gasteiger partial charge is 0.461 e. The number of carbonyl (C=O) groups excluding carboxylic acids is 3. The summed E-state index contributed by atoms with van der Waals surface area (Å²) in [5.74, 6) is -1.30. The van der Waals surface area contributed by atoms with E-state index in [2.05, 4.69) is 0 Å². The third-order valence-electron chi connectivity index (χ3n) is 4.08. The molecule has 3 rings (SSSR count). The third kappa shape index (κ3) is 3.58. The van der Waals surface area contributed by atoms with Crippen LogP contribution in [0.4, 0.5) is 4.39 Å². The van der Waals surface area contributed by atoms with Crippen molar-refractivity contribution in [2.75, 3.05) is 19.0 Å². The van der Waals surface area contributed by atoms with Gasteiger partial charge in [-0.05, 0) is 24.3 Å². The van der Waals surface area contributed by atoms with Crippen molar-refractivity contribution in [1.29, 1.82) is 0 Å². The summed E-state index contributed by atoms with van der Waals surface area (Å²) in [6.45, 7) is 1.14. The molecule has 0 bridgehead atoms. The fourth-order valence-corrected chi connectivity index (χ4v) is 4.01. The summed E-state index contributed by atoms with van der Waals surface area (Å²) < 4.78 is 23.3. The second kappa shape index (κ2) is 7.46. The molecule has 0 saturated carbocycles.